The zero-order valence-electron chi connectivity index (χ0n) is 12.3. The first-order valence-corrected chi connectivity index (χ1v) is 8.92. The molecule has 1 N–H and O–H groups in total. The maximum absolute atomic E-state index is 10.7. The number of H-pyrrole nitrogens is 1. The molecule has 0 bridgehead atoms. The molecule has 1 rings (SSSR count). The number of nitrogens with one attached hydrogen (secondary N) is 1. The van der Waals surface area contributed by atoms with Crippen LogP contribution in [0.2, 0.25) is 0 Å². The third-order valence-corrected chi connectivity index (χ3v) is 2.73. The van der Waals surface area contributed by atoms with E-state index < -0.39 is 7.81 Å². The van der Waals surface area contributed by atoms with Gasteiger partial charge in [-0.15, -0.1) is 0 Å². The quantitative estimate of drug-likeness (QED) is 0.258. The van der Waals surface area contributed by atoms with Crippen molar-refractivity contribution in [1.29, 1.82) is 0 Å². The number of halogens is 6. The Kier molecular flexibility index (Phi) is 6.73. The van der Waals surface area contributed by atoms with Gasteiger partial charge in [0, 0.05) is 6.92 Å². The molecule has 128 valence electrons. The van der Waals surface area contributed by atoms with Crippen molar-refractivity contribution in [2.24, 2.45) is 0 Å². The van der Waals surface area contributed by atoms with Crippen LogP contribution in [-0.2, 0) is 6.54 Å². The number of rotatable bonds is 7. The molecule has 0 aliphatic carbocycles. The SMILES string of the molecule is CCCCCCCC[n+]1cc[nH]c1C.F[P-](F)(F)(F)(F)F. The topological polar surface area (TPSA) is 19.7 Å². The van der Waals surface area contributed by atoms with Crippen LogP contribution in [0.5, 0.6) is 0 Å². The van der Waals surface area contributed by atoms with Gasteiger partial charge in [0.25, 0.3) is 5.82 Å². The van der Waals surface area contributed by atoms with Crippen LogP contribution in [-0.4, -0.2) is 4.98 Å². The van der Waals surface area contributed by atoms with Gasteiger partial charge in [-0.1, -0.05) is 32.6 Å². The van der Waals surface area contributed by atoms with Crippen molar-refractivity contribution < 1.29 is 29.7 Å². The molecular formula is C12H23F6N2P. The number of hydrogen-bond acceptors (Lipinski definition) is 0. The molecule has 0 saturated heterocycles. The van der Waals surface area contributed by atoms with Gasteiger partial charge >= 0.3 is 33.0 Å². The Bertz CT molecular complexity index is 400. The van der Waals surface area contributed by atoms with Crippen molar-refractivity contribution >= 4 is 7.81 Å². The van der Waals surface area contributed by atoms with Gasteiger partial charge in [-0.05, 0) is 12.8 Å². The number of unbranched alkanes of at least 4 members (excludes halogenated alkanes) is 5. The fraction of sp³-hybridized carbons (Fsp3) is 0.750. The standard InChI is InChI=1S/C12H22N2.F6P/c1-3-4-5-6-7-8-10-14-11-9-13-12(14)2;1-7(2,3,4,5)6/h9,11H,3-8,10H2,1-2H3;/q;-1/p+1. The summed E-state index contributed by atoms with van der Waals surface area (Å²) < 4.78 is 61.5. The number of aromatic nitrogens is 2. The minimum atomic E-state index is -10.7. The van der Waals surface area contributed by atoms with E-state index in [-0.39, 0.29) is 0 Å². The number of nitrogens with zero attached hydrogens (tertiary/aromatic N) is 1. The number of hydrogen-bond donors (Lipinski definition) is 1. The Labute approximate surface area is 120 Å². The van der Waals surface area contributed by atoms with Crippen molar-refractivity contribution in [3.63, 3.8) is 0 Å². The molecular weight excluding hydrogens is 317 g/mol. The van der Waals surface area contributed by atoms with E-state index in [1.165, 1.54) is 50.9 Å². The van der Waals surface area contributed by atoms with Crippen LogP contribution in [0.25, 0.3) is 0 Å². The predicted molar refractivity (Wildman–Crippen MR) is 72.7 cm³/mol. The first-order chi connectivity index (χ1) is 9.29. The average Bonchev–Trinajstić information content (AvgIpc) is 2.65. The zero-order chi connectivity index (χ0) is 16.6. The molecule has 21 heavy (non-hydrogen) atoms. The second kappa shape index (κ2) is 6.99. The summed E-state index contributed by atoms with van der Waals surface area (Å²) in [5, 5.41) is 0. The van der Waals surface area contributed by atoms with Crippen molar-refractivity contribution in [3.8, 4) is 0 Å². The summed E-state index contributed by atoms with van der Waals surface area (Å²) in [7, 11) is -10.7. The summed E-state index contributed by atoms with van der Waals surface area (Å²) in [6, 6.07) is 0. The van der Waals surface area contributed by atoms with Gasteiger partial charge < -0.3 is 0 Å². The molecule has 9 heteroatoms. The van der Waals surface area contributed by atoms with Gasteiger partial charge in [0.05, 0.1) is 6.54 Å². The Hall–Kier alpha value is -0.780. The molecule has 1 aromatic rings. The summed E-state index contributed by atoms with van der Waals surface area (Å²) in [5.41, 5.74) is 0. The summed E-state index contributed by atoms with van der Waals surface area (Å²) in [5.74, 6) is 1.26. The van der Waals surface area contributed by atoms with E-state index in [9.17, 15) is 25.2 Å². The van der Waals surface area contributed by atoms with E-state index in [0.29, 0.717) is 0 Å². The maximum atomic E-state index is 9.87. The summed E-state index contributed by atoms with van der Waals surface area (Å²) >= 11 is 0. The third-order valence-electron chi connectivity index (χ3n) is 2.73. The molecule has 2 nitrogen and oxygen atoms in total. The molecule has 0 aliphatic rings. The third kappa shape index (κ3) is 19.2. The number of aromatic amines is 1. The van der Waals surface area contributed by atoms with Crippen LogP contribution >= 0.6 is 7.81 Å². The van der Waals surface area contributed by atoms with Crippen LogP contribution in [0.1, 0.15) is 51.3 Å². The summed E-state index contributed by atoms with van der Waals surface area (Å²) in [4.78, 5) is 3.19. The first kappa shape index (κ1) is 20.2. The molecule has 0 fully saturated rings. The molecule has 0 radical (unpaired) electrons. The van der Waals surface area contributed by atoms with E-state index >= 15 is 0 Å². The monoisotopic (exact) mass is 340 g/mol. The van der Waals surface area contributed by atoms with E-state index in [1.54, 1.807) is 0 Å². The van der Waals surface area contributed by atoms with Gasteiger partial charge in [0.2, 0.25) is 0 Å². The van der Waals surface area contributed by atoms with Gasteiger partial charge in [-0.2, -0.15) is 0 Å². The zero-order valence-corrected chi connectivity index (χ0v) is 13.2. The van der Waals surface area contributed by atoms with Gasteiger partial charge in [0.15, 0.2) is 0 Å². The fourth-order valence-electron chi connectivity index (χ4n) is 1.75. The molecule has 1 aromatic heterocycles. The number of imidazole rings is 1. The van der Waals surface area contributed by atoms with Crippen molar-refractivity contribution in [1.82, 2.24) is 4.98 Å². The normalized spacial score (nSPS) is 14.9. The molecule has 0 unspecified atom stereocenters. The average molecular weight is 340 g/mol. The van der Waals surface area contributed by atoms with Crippen LogP contribution < -0.4 is 4.57 Å². The molecule has 0 saturated carbocycles. The Balaban J connectivity index is 0.000000486. The first-order valence-electron chi connectivity index (χ1n) is 6.89. The van der Waals surface area contributed by atoms with Gasteiger partial charge in [0.1, 0.15) is 12.4 Å². The number of aryl methyl sites for hydroxylation is 2. The van der Waals surface area contributed by atoms with Gasteiger partial charge in [-0.3, -0.25) is 0 Å². The molecule has 0 spiro atoms. The van der Waals surface area contributed by atoms with Crippen LogP contribution in [0, 0.1) is 6.92 Å². The van der Waals surface area contributed by atoms with E-state index in [1.807, 2.05) is 6.20 Å². The predicted octanol–water partition coefficient (Wildman–Crippen LogP) is 6.35. The van der Waals surface area contributed by atoms with Crippen molar-refractivity contribution in [3.05, 3.63) is 18.2 Å². The van der Waals surface area contributed by atoms with Crippen molar-refractivity contribution in [2.75, 3.05) is 0 Å². The fourth-order valence-corrected chi connectivity index (χ4v) is 1.75. The second-order valence-electron chi connectivity index (χ2n) is 4.96. The summed E-state index contributed by atoms with van der Waals surface area (Å²) in [6.45, 7) is 5.55. The van der Waals surface area contributed by atoms with Crippen LogP contribution in [0.15, 0.2) is 12.4 Å². The molecule has 0 aromatic carbocycles. The van der Waals surface area contributed by atoms with E-state index in [0.717, 1.165) is 0 Å². The molecule has 1 heterocycles. The molecule has 0 atom stereocenters. The Morgan fingerprint density at radius 3 is 1.86 bits per heavy atom. The molecule has 0 amide bonds. The van der Waals surface area contributed by atoms with Crippen LogP contribution in [0.3, 0.4) is 0 Å². The van der Waals surface area contributed by atoms with Gasteiger partial charge in [-0.25, -0.2) is 9.55 Å². The second-order valence-corrected chi connectivity index (χ2v) is 6.88. The Morgan fingerprint density at radius 1 is 0.952 bits per heavy atom. The minimum absolute atomic E-state index is 1.17. The van der Waals surface area contributed by atoms with E-state index in [2.05, 4.69) is 29.6 Å². The Morgan fingerprint density at radius 2 is 1.43 bits per heavy atom. The van der Waals surface area contributed by atoms with Crippen molar-refractivity contribution in [2.45, 2.75) is 58.9 Å². The molecule has 0 aliphatic heterocycles. The van der Waals surface area contributed by atoms with E-state index in [4.69, 9.17) is 0 Å². The summed E-state index contributed by atoms with van der Waals surface area (Å²) in [6.07, 6.45) is 12.4. The van der Waals surface area contributed by atoms with Crippen LogP contribution in [0.4, 0.5) is 25.2 Å².